The van der Waals surface area contributed by atoms with Crippen LogP contribution in [0.1, 0.15) is 42.7 Å². The van der Waals surface area contributed by atoms with Gasteiger partial charge in [0.1, 0.15) is 11.7 Å². The first-order valence-corrected chi connectivity index (χ1v) is 8.05. The molecule has 22 heavy (non-hydrogen) atoms. The zero-order valence-corrected chi connectivity index (χ0v) is 12.9. The van der Waals surface area contributed by atoms with Crippen molar-refractivity contribution in [3.05, 3.63) is 18.0 Å². The van der Waals surface area contributed by atoms with Gasteiger partial charge in [0.2, 0.25) is 5.91 Å². The van der Waals surface area contributed by atoms with Gasteiger partial charge in [0.15, 0.2) is 0 Å². The Labute approximate surface area is 130 Å². The number of amides is 2. The minimum absolute atomic E-state index is 0.0713. The lowest BCUT2D eigenvalue weighted by Gasteiger charge is -2.34. The summed E-state index contributed by atoms with van der Waals surface area (Å²) in [6.07, 6.45) is 4.69. The Morgan fingerprint density at radius 3 is 3.05 bits per heavy atom. The van der Waals surface area contributed by atoms with Crippen LogP contribution in [-0.2, 0) is 4.79 Å². The normalized spacial score (nSPS) is 25.9. The molecule has 0 aromatic carbocycles. The van der Waals surface area contributed by atoms with Crippen LogP contribution in [0.3, 0.4) is 0 Å². The molecular weight excluding hydrogens is 282 g/mol. The molecule has 3 heterocycles. The van der Waals surface area contributed by atoms with Crippen molar-refractivity contribution in [3.8, 4) is 0 Å². The standard InChI is InChI=1S/C15H23N5O2/c1-2-13-14(21)17-7-9-19(13)15(22)12-5-8-20(18-12)11-4-3-6-16-10-11/h5,8,11,13,16H,2-4,6-7,9-10H2,1H3,(H,17,21). The van der Waals surface area contributed by atoms with Crippen molar-refractivity contribution < 1.29 is 9.59 Å². The molecule has 2 fully saturated rings. The van der Waals surface area contributed by atoms with Crippen LogP contribution in [0.15, 0.2) is 12.3 Å². The van der Waals surface area contributed by atoms with Crippen molar-refractivity contribution in [2.45, 2.75) is 38.3 Å². The van der Waals surface area contributed by atoms with E-state index in [1.165, 1.54) is 0 Å². The number of aromatic nitrogens is 2. The molecule has 0 saturated carbocycles. The molecule has 0 aliphatic carbocycles. The van der Waals surface area contributed by atoms with E-state index in [9.17, 15) is 9.59 Å². The summed E-state index contributed by atoms with van der Waals surface area (Å²) in [4.78, 5) is 26.2. The monoisotopic (exact) mass is 305 g/mol. The zero-order chi connectivity index (χ0) is 15.5. The number of nitrogens with zero attached hydrogens (tertiary/aromatic N) is 3. The molecule has 2 amide bonds. The highest BCUT2D eigenvalue weighted by molar-refractivity contribution is 5.96. The summed E-state index contributed by atoms with van der Waals surface area (Å²) in [7, 11) is 0. The fourth-order valence-corrected chi connectivity index (χ4v) is 3.23. The number of hydrogen-bond donors (Lipinski definition) is 2. The maximum atomic E-state index is 12.7. The van der Waals surface area contributed by atoms with Gasteiger partial charge in [-0.2, -0.15) is 5.10 Å². The number of piperidine rings is 1. The van der Waals surface area contributed by atoms with Gasteiger partial charge >= 0.3 is 0 Å². The van der Waals surface area contributed by atoms with Crippen molar-refractivity contribution in [1.29, 1.82) is 0 Å². The van der Waals surface area contributed by atoms with E-state index in [0.29, 0.717) is 31.2 Å². The average molecular weight is 305 g/mol. The summed E-state index contributed by atoms with van der Waals surface area (Å²) in [6, 6.07) is 1.68. The molecule has 2 aliphatic rings. The minimum atomic E-state index is -0.386. The largest absolute Gasteiger partial charge is 0.353 e. The van der Waals surface area contributed by atoms with Gasteiger partial charge in [-0.1, -0.05) is 6.92 Å². The van der Waals surface area contributed by atoms with Crippen molar-refractivity contribution in [2.75, 3.05) is 26.2 Å². The molecule has 1 aromatic rings. The van der Waals surface area contributed by atoms with E-state index in [4.69, 9.17) is 0 Å². The molecule has 0 radical (unpaired) electrons. The van der Waals surface area contributed by atoms with E-state index in [0.717, 1.165) is 25.9 Å². The maximum absolute atomic E-state index is 12.7. The van der Waals surface area contributed by atoms with Gasteiger partial charge in [0.05, 0.1) is 6.04 Å². The van der Waals surface area contributed by atoms with Crippen LogP contribution in [0.25, 0.3) is 0 Å². The molecule has 3 rings (SSSR count). The van der Waals surface area contributed by atoms with Gasteiger partial charge in [-0.25, -0.2) is 0 Å². The molecule has 2 unspecified atom stereocenters. The highest BCUT2D eigenvalue weighted by atomic mass is 16.2. The quantitative estimate of drug-likeness (QED) is 0.834. The third kappa shape index (κ3) is 2.85. The van der Waals surface area contributed by atoms with Crippen LogP contribution < -0.4 is 10.6 Å². The van der Waals surface area contributed by atoms with Crippen molar-refractivity contribution in [1.82, 2.24) is 25.3 Å². The SMILES string of the molecule is CCC1C(=O)NCCN1C(=O)c1ccn(C2CCCNC2)n1. The third-order valence-corrected chi connectivity index (χ3v) is 4.45. The number of carbonyl (C=O) groups excluding carboxylic acids is 2. The lowest BCUT2D eigenvalue weighted by molar-refractivity contribution is -0.127. The van der Waals surface area contributed by atoms with Gasteiger partial charge in [0, 0.05) is 25.8 Å². The van der Waals surface area contributed by atoms with Crippen LogP contribution in [0, 0.1) is 0 Å². The minimum Gasteiger partial charge on any atom is -0.353 e. The van der Waals surface area contributed by atoms with Gasteiger partial charge in [-0.05, 0) is 31.9 Å². The fraction of sp³-hybridized carbons (Fsp3) is 0.667. The number of rotatable bonds is 3. The molecule has 2 N–H and O–H groups in total. The number of hydrogen-bond acceptors (Lipinski definition) is 4. The predicted molar refractivity (Wildman–Crippen MR) is 81.5 cm³/mol. The second-order valence-corrected chi connectivity index (χ2v) is 5.89. The van der Waals surface area contributed by atoms with Gasteiger partial charge in [-0.15, -0.1) is 0 Å². The molecule has 2 aliphatic heterocycles. The Morgan fingerprint density at radius 1 is 1.45 bits per heavy atom. The summed E-state index contributed by atoms with van der Waals surface area (Å²) in [6.45, 7) is 4.90. The number of carbonyl (C=O) groups is 2. The smallest absolute Gasteiger partial charge is 0.275 e. The lowest BCUT2D eigenvalue weighted by atomic mass is 10.1. The fourth-order valence-electron chi connectivity index (χ4n) is 3.23. The van der Waals surface area contributed by atoms with E-state index in [1.807, 2.05) is 17.8 Å². The van der Waals surface area contributed by atoms with Crippen molar-refractivity contribution in [3.63, 3.8) is 0 Å². The van der Waals surface area contributed by atoms with E-state index in [2.05, 4.69) is 15.7 Å². The van der Waals surface area contributed by atoms with E-state index < -0.39 is 0 Å². The third-order valence-electron chi connectivity index (χ3n) is 4.45. The summed E-state index contributed by atoms with van der Waals surface area (Å²) < 4.78 is 1.88. The Bertz CT molecular complexity index is 550. The summed E-state index contributed by atoms with van der Waals surface area (Å²) in [5, 5.41) is 10.6. The second-order valence-electron chi connectivity index (χ2n) is 5.89. The van der Waals surface area contributed by atoms with Crippen LogP contribution >= 0.6 is 0 Å². The molecule has 120 valence electrons. The molecule has 0 bridgehead atoms. The van der Waals surface area contributed by atoms with Crippen LogP contribution in [0.4, 0.5) is 0 Å². The molecular formula is C15H23N5O2. The molecule has 7 nitrogen and oxygen atoms in total. The van der Waals surface area contributed by atoms with Gasteiger partial charge in [-0.3, -0.25) is 14.3 Å². The van der Waals surface area contributed by atoms with Crippen molar-refractivity contribution >= 4 is 11.8 Å². The summed E-state index contributed by atoms with van der Waals surface area (Å²) >= 11 is 0. The van der Waals surface area contributed by atoms with Gasteiger partial charge < -0.3 is 15.5 Å². The van der Waals surface area contributed by atoms with Crippen molar-refractivity contribution in [2.24, 2.45) is 0 Å². The summed E-state index contributed by atoms with van der Waals surface area (Å²) in [5.74, 6) is -0.220. The Kier molecular flexibility index (Phi) is 4.42. The average Bonchev–Trinajstić information content (AvgIpc) is 3.05. The van der Waals surface area contributed by atoms with E-state index in [1.54, 1.807) is 11.0 Å². The molecule has 1 aromatic heterocycles. The zero-order valence-electron chi connectivity index (χ0n) is 12.9. The summed E-state index contributed by atoms with van der Waals surface area (Å²) in [5.41, 5.74) is 0.429. The Hall–Kier alpha value is -1.89. The van der Waals surface area contributed by atoms with E-state index in [-0.39, 0.29) is 17.9 Å². The molecule has 0 spiro atoms. The Morgan fingerprint density at radius 2 is 2.32 bits per heavy atom. The van der Waals surface area contributed by atoms with Crippen LogP contribution in [-0.4, -0.2) is 58.7 Å². The molecule has 2 atom stereocenters. The van der Waals surface area contributed by atoms with Crippen LogP contribution in [0.2, 0.25) is 0 Å². The maximum Gasteiger partial charge on any atom is 0.275 e. The van der Waals surface area contributed by atoms with Gasteiger partial charge in [0.25, 0.3) is 5.91 Å². The Balaban J connectivity index is 1.74. The highest BCUT2D eigenvalue weighted by Gasteiger charge is 2.33. The first-order valence-electron chi connectivity index (χ1n) is 8.05. The molecule has 2 saturated heterocycles. The topological polar surface area (TPSA) is 79.3 Å². The highest BCUT2D eigenvalue weighted by Crippen LogP contribution is 2.17. The number of piperazine rings is 1. The number of nitrogens with one attached hydrogen (secondary N) is 2. The predicted octanol–water partition coefficient (Wildman–Crippen LogP) is 0.158. The second kappa shape index (κ2) is 6.48. The van der Waals surface area contributed by atoms with E-state index >= 15 is 0 Å². The van der Waals surface area contributed by atoms with Crippen LogP contribution in [0.5, 0.6) is 0 Å². The molecule has 7 heteroatoms. The first kappa shape index (κ1) is 15.0. The lowest BCUT2D eigenvalue weighted by Crippen LogP contribution is -2.57. The first-order chi connectivity index (χ1) is 10.7.